The average Bonchev–Trinajstić information content (AvgIpc) is 3.25. The minimum atomic E-state index is -0.472. The number of rotatable bonds is 8. The number of carbonyl (C=O) groups excluding carboxylic acids is 1. The first-order valence-electron chi connectivity index (χ1n) is 7.05. The lowest BCUT2D eigenvalue weighted by molar-refractivity contribution is -0.122. The molecular weight excluding hydrogens is 278 g/mol. The molecule has 1 aliphatic rings. The van der Waals surface area contributed by atoms with Gasteiger partial charge in [0, 0.05) is 32.7 Å². The molecule has 0 spiro atoms. The number of methoxy groups -OCH3 is 1. The van der Waals surface area contributed by atoms with Gasteiger partial charge in [-0.15, -0.1) is 0 Å². The first kappa shape index (κ1) is 15.9. The SMILES string of the molecule is COCCNCCNC(=O)C1CC1c1cc(F)ccc1F. The minimum Gasteiger partial charge on any atom is -0.383 e. The highest BCUT2D eigenvalue weighted by molar-refractivity contribution is 5.82. The third-order valence-corrected chi connectivity index (χ3v) is 3.57. The Balaban J connectivity index is 1.73. The van der Waals surface area contributed by atoms with Gasteiger partial charge in [0.2, 0.25) is 5.91 Å². The Morgan fingerprint density at radius 1 is 1.33 bits per heavy atom. The molecule has 0 saturated heterocycles. The molecule has 21 heavy (non-hydrogen) atoms. The van der Waals surface area contributed by atoms with E-state index in [0.29, 0.717) is 31.7 Å². The third kappa shape index (κ3) is 4.47. The smallest absolute Gasteiger partial charge is 0.223 e. The molecule has 0 aliphatic heterocycles. The third-order valence-electron chi connectivity index (χ3n) is 3.57. The van der Waals surface area contributed by atoms with E-state index in [0.717, 1.165) is 18.7 Å². The number of hydrogen-bond acceptors (Lipinski definition) is 3. The van der Waals surface area contributed by atoms with Crippen LogP contribution >= 0.6 is 0 Å². The second kappa shape index (κ2) is 7.47. The van der Waals surface area contributed by atoms with Crippen molar-refractivity contribution in [3.8, 4) is 0 Å². The predicted molar refractivity (Wildman–Crippen MR) is 75.0 cm³/mol. The van der Waals surface area contributed by atoms with Gasteiger partial charge in [-0.1, -0.05) is 0 Å². The van der Waals surface area contributed by atoms with Gasteiger partial charge in [-0.25, -0.2) is 8.78 Å². The molecule has 0 aromatic heterocycles. The molecular formula is C15H20F2N2O2. The lowest BCUT2D eigenvalue weighted by Gasteiger charge is -2.07. The molecule has 1 aliphatic carbocycles. The second-order valence-electron chi connectivity index (χ2n) is 5.15. The van der Waals surface area contributed by atoms with Crippen LogP contribution in [0.25, 0.3) is 0 Å². The molecule has 1 fully saturated rings. The highest BCUT2D eigenvalue weighted by Gasteiger charge is 2.45. The molecule has 2 rings (SSSR count). The molecule has 2 atom stereocenters. The fourth-order valence-corrected chi connectivity index (χ4v) is 2.33. The maximum atomic E-state index is 13.6. The summed E-state index contributed by atoms with van der Waals surface area (Å²) in [5, 5.41) is 5.91. The van der Waals surface area contributed by atoms with Crippen LogP contribution in [0.1, 0.15) is 17.9 Å². The summed E-state index contributed by atoms with van der Waals surface area (Å²) in [4.78, 5) is 11.9. The summed E-state index contributed by atoms with van der Waals surface area (Å²) in [6.07, 6.45) is 0.573. The minimum absolute atomic E-state index is 0.0998. The zero-order valence-corrected chi connectivity index (χ0v) is 12.0. The Morgan fingerprint density at radius 3 is 2.90 bits per heavy atom. The summed E-state index contributed by atoms with van der Waals surface area (Å²) in [6.45, 7) is 2.52. The normalized spacial score (nSPS) is 20.3. The van der Waals surface area contributed by atoms with Gasteiger partial charge in [-0.2, -0.15) is 0 Å². The van der Waals surface area contributed by atoms with Crippen LogP contribution in [0, 0.1) is 17.6 Å². The molecule has 116 valence electrons. The van der Waals surface area contributed by atoms with Gasteiger partial charge in [0.15, 0.2) is 0 Å². The van der Waals surface area contributed by atoms with Crippen molar-refractivity contribution in [3.63, 3.8) is 0 Å². The van der Waals surface area contributed by atoms with E-state index in [1.54, 1.807) is 7.11 Å². The lowest BCUT2D eigenvalue weighted by Crippen LogP contribution is -2.34. The van der Waals surface area contributed by atoms with Crippen LogP contribution in [-0.2, 0) is 9.53 Å². The Morgan fingerprint density at radius 2 is 2.14 bits per heavy atom. The van der Waals surface area contributed by atoms with E-state index in [1.165, 1.54) is 6.07 Å². The summed E-state index contributed by atoms with van der Waals surface area (Å²) in [5.41, 5.74) is 0.299. The summed E-state index contributed by atoms with van der Waals surface area (Å²) >= 11 is 0. The van der Waals surface area contributed by atoms with Gasteiger partial charge in [0.25, 0.3) is 0 Å². The van der Waals surface area contributed by atoms with Crippen LogP contribution in [0.15, 0.2) is 18.2 Å². The van der Waals surface area contributed by atoms with Crippen molar-refractivity contribution < 1.29 is 18.3 Å². The van der Waals surface area contributed by atoms with E-state index in [2.05, 4.69) is 10.6 Å². The molecule has 1 saturated carbocycles. The molecule has 1 amide bonds. The Hall–Kier alpha value is -1.53. The largest absolute Gasteiger partial charge is 0.383 e. The lowest BCUT2D eigenvalue weighted by atomic mass is 10.1. The van der Waals surface area contributed by atoms with Crippen LogP contribution in [0.3, 0.4) is 0 Å². The van der Waals surface area contributed by atoms with Crippen LogP contribution in [0.2, 0.25) is 0 Å². The van der Waals surface area contributed by atoms with Gasteiger partial charge in [-0.05, 0) is 36.1 Å². The molecule has 1 aromatic carbocycles. The number of carbonyl (C=O) groups is 1. The first-order chi connectivity index (χ1) is 10.1. The van der Waals surface area contributed by atoms with Crippen molar-refractivity contribution in [2.75, 3.05) is 33.4 Å². The van der Waals surface area contributed by atoms with Crippen LogP contribution in [0.5, 0.6) is 0 Å². The van der Waals surface area contributed by atoms with Crippen molar-refractivity contribution in [1.29, 1.82) is 0 Å². The van der Waals surface area contributed by atoms with Crippen molar-refractivity contribution >= 4 is 5.91 Å². The number of hydrogen-bond donors (Lipinski definition) is 2. The number of halogens is 2. The van der Waals surface area contributed by atoms with Crippen LogP contribution in [0.4, 0.5) is 8.78 Å². The Bertz CT molecular complexity index is 497. The van der Waals surface area contributed by atoms with Gasteiger partial charge in [0.1, 0.15) is 11.6 Å². The van der Waals surface area contributed by atoms with Gasteiger partial charge in [-0.3, -0.25) is 4.79 Å². The zero-order chi connectivity index (χ0) is 15.2. The maximum absolute atomic E-state index is 13.6. The molecule has 1 aromatic rings. The topological polar surface area (TPSA) is 50.4 Å². The molecule has 0 radical (unpaired) electrons. The van der Waals surface area contributed by atoms with Crippen molar-refractivity contribution in [2.45, 2.75) is 12.3 Å². The fraction of sp³-hybridized carbons (Fsp3) is 0.533. The molecule has 6 heteroatoms. The van der Waals surface area contributed by atoms with E-state index in [9.17, 15) is 13.6 Å². The van der Waals surface area contributed by atoms with Crippen molar-refractivity contribution in [1.82, 2.24) is 10.6 Å². The number of nitrogens with one attached hydrogen (secondary N) is 2. The van der Waals surface area contributed by atoms with Crippen LogP contribution in [-0.4, -0.2) is 39.3 Å². The quantitative estimate of drug-likeness (QED) is 0.714. The standard InChI is InChI=1S/C15H20F2N2O2/c1-21-7-6-18-4-5-19-15(20)13-9-11(13)12-8-10(16)2-3-14(12)17/h2-3,8,11,13,18H,4-7,9H2,1H3,(H,19,20). The summed E-state index contributed by atoms with van der Waals surface area (Å²) in [6, 6.07) is 3.37. The Labute approximate surface area is 122 Å². The maximum Gasteiger partial charge on any atom is 0.223 e. The summed E-state index contributed by atoms with van der Waals surface area (Å²) in [5.74, 6) is -1.47. The predicted octanol–water partition coefficient (Wildman–Crippen LogP) is 1.42. The van der Waals surface area contributed by atoms with Crippen LogP contribution < -0.4 is 10.6 Å². The molecule has 2 unspecified atom stereocenters. The van der Waals surface area contributed by atoms with E-state index in [1.807, 2.05) is 0 Å². The molecule has 0 heterocycles. The van der Waals surface area contributed by atoms with E-state index in [-0.39, 0.29) is 17.7 Å². The van der Waals surface area contributed by atoms with E-state index in [4.69, 9.17) is 4.74 Å². The van der Waals surface area contributed by atoms with Gasteiger partial charge < -0.3 is 15.4 Å². The van der Waals surface area contributed by atoms with Crippen molar-refractivity contribution in [3.05, 3.63) is 35.4 Å². The highest BCUT2D eigenvalue weighted by atomic mass is 19.1. The molecule has 4 nitrogen and oxygen atoms in total. The first-order valence-corrected chi connectivity index (χ1v) is 7.05. The van der Waals surface area contributed by atoms with Gasteiger partial charge >= 0.3 is 0 Å². The monoisotopic (exact) mass is 298 g/mol. The number of amides is 1. The highest BCUT2D eigenvalue weighted by Crippen LogP contribution is 2.48. The summed E-state index contributed by atoms with van der Waals surface area (Å²) < 4.78 is 31.6. The second-order valence-corrected chi connectivity index (χ2v) is 5.15. The van der Waals surface area contributed by atoms with Gasteiger partial charge in [0.05, 0.1) is 6.61 Å². The molecule has 0 bridgehead atoms. The van der Waals surface area contributed by atoms with E-state index >= 15 is 0 Å². The van der Waals surface area contributed by atoms with E-state index < -0.39 is 11.6 Å². The number of benzene rings is 1. The Kier molecular flexibility index (Phi) is 5.64. The zero-order valence-electron chi connectivity index (χ0n) is 12.0. The average molecular weight is 298 g/mol. The fourth-order valence-electron chi connectivity index (χ4n) is 2.33. The number of ether oxygens (including phenoxy) is 1. The molecule has 2 N–H and O–H groups in total. The summed E-state index contributed by atoms with van der Waals surface area (Å²) in [7, 11) is 1.63. The van der Waals surface area contributed by atoms with Crippen molar-refractivity contribution in [2.24, 2.45) is 5.92 Å².